The first-order valence-corrected chi connectivity index (χ1v) is 16.2. The highest BCUT2D eigenvalue weighted by atomic mass is 19.4. The standard InChI is InChI=1S/C29H45F3N10O4/c1-4-10-41(26(45)29(30,31)32)19-12-20(23(44)22(19)43)42-15-34-21-24(35-16(5-2)6-3)38-27(39-25(21)42)40-11-8-18(14-40)37-28(46)36-17-7-9-33-13-17/h15-20,22-23,33,43-44H,4-14H2,1-3H3,(H,35,38,39)(H2,36,37,46)/t17?,18-,19+,20-,22-,23+/m1/s1. The normalized spacial score (nSPS) is 26.7. The van der Waals surface area contributed by atoms with E-state index in [0.717, 1.165) is 32.4 Å². The van der Waals surface area contributed by atoms with Crippen molar-refractivity contribution in [3.05, 3.63) is 6.33 Å². The van der Waals surface area contributed by atoms with Crippen molar-refractivity contribution in [1.29, 1.82) is 0 Å². The fourth-order valence-electron chi connectivity index (χ4n) is 6.72. The Morgan fingerprint density at radius 1 is 1.11 bits per heavy atom. The summed E-state index contributed by atoms with van der Waals surface area (Å²) in [7, 11) is 0. The second-order valence-electron chi connectivity index (χ2n) is 12.4. The van der Waals surface area contributed by atoms with Gasteiger partial charge in [0.05, 0.1) is 18.4 Å². The first-order valence-electron chi connectivity index (χ1n) is 16.2. The van der Waals surface area contributed by atoms with Crippen LogP contribution in [0.1, 0.15) is 65.3 Å². The Labute approximate surface area is 265 Å². The molecule has 2 saturated heterocycles. The van der Waals surface area contributed by atoms with E-state index in [9.17, 15) is 33.0 Å². The Kier molecular flexibility index (Phi) is 10.4. The number of aromatic nitrogens is 4. The van der Waals surface area contributed by atoms with Gasteiger partial charge in [-0.05, 0) is 45.1 Å². The van der Waals surface area contributed by atoms with Gasteiger partial charge in [-0.1, -0.05) is 20.8 Å². The Balaban J connectivity index is 1.42. The number of urea groups is 1. The lowest BCUT2D eigenvalue weighted by atomic mass is 10.1. The van der Waals surface area contributed by atoms with Crippen molar-refractivity contribution in [3.63, 3.8) is 0 Å². The zero-order chi connectivity index (χ0) is 33.2. The van der Waals surface area contributed by atoms with Crippen molar-refractivity contribution >= 4 is 34.9 Å². The van der Waals surface area contributed by atoms with Gasteiger partial charge >= 0.3 is 18.1 Å². The van der Waals surface area contributed by atoms with Gasteiger partial charge in [-0.25, -0.2) is 9.78 Å². The van der Waals surface area contributed by atoms with Crippen molar-refractivity contribution in [2.45, 2.75) is 108 Å². The van der Waals surface area contributed by atoms with Crippen molar-refractivity contribution in [1.82, 2.24) is 40.4 Å². The molecule has 3 amide bonds. The molecule has 256 valence electrons. The van der Waals surface area contributed by atoms with E-state index < -0.39 is 36.4 Å². The number of alkyl halides is 3. The van der Waals surface area contributed by atoms with Crippen LogP contribution in [-0.2, 0) is 4.79 Å². The lowest BCUT2D eigenvalue weighted by molar-refractivity contribution is -0.190. The Morgan fingerprint density at radius 3 is 2.50 bits per heavy atom. The molecule has 2 aliphatic heterocycles. The lowest BCUT2D eigenvalue weighted by Crippen LogP contribution is -2.51. The predicted octanol–water partition coefficient (Wildman–Crippen LogP) is 1.50. The molecule has 0 radical (unpaired) electrons. The van der Waals surface area contributed by atoms with E-state index in [1.807, 2.05) is 18.7 Å². The second-order valence-corrected chi connectivity index (χ2v) is 12.4. The Hall–Kier alpha value is -3.44. The van der Waals surface area contributed by atoms with Gasteiger partial charge in [-0.2, -0.15) is 23.1 Å². The molecule has 3 fully saturated rings. The van der Waals surface area contributed by atoms with E-state index in [4.69, 9.17) is 9.97 Å². The van der Waals surface area contributed by atoms with Crippen molar-refractivity contribution in [3.8, 4) is 0 Å². The van der Waals surface area contributed by atoms with Crippen LogP contribution in [0.5, 0.6) is 0 Å². The Morgan fingerprint density at radius 2 is 1.85 bits per heavy atom. The summed E-state index contributed by atoms with van der Waals surface area (Å²) in [5, 5.41) is 34.7. The van der Waals surface area contributed by atoms with Crippen LogP contribution < -0.4 is 26.2 Å². The molecule has 6 atom stereocenters. The molecule has 0 bridgehead atoms. The third-order valence-corrected chi connectivity index (χ3v) is 9.28. The molecular weight excluding hydrogens is 609 g/mol. The summed E-state index contributed by atoms with van der Waals surface area (Å²) in [5.74, 6) is -1.20. The summed E-state index contributed by atoms with van der Waals surface area (Å²) >= 11 is 0. The fourth-order valence-corrected chi connectivity index (χ4v) is 6.72. The van der Waals surface area contributed by atoms with Gasteiger partial charge in [0.2, 0.25) is 5.95 Å². The molecule has 46 heavy (non-hydrogen) atoms. The lowest BCUT2D eigenvalue weighted by Gasteiger charge is -2.31. The van der Waals surface area contributed by atoms with Gasteiger partial charge in [0.15, 0.2) is 17.0 Å². The van der Waals surface area contributed by atoms with E-state index in [-0.39, 0.29) is 43.5 Å². The van der Waals surface area contributed by atoms with Gasteiger partial charge in [-0.3, -0.25) is 4.79 Å². The van der Waals surface area contributed by atoms with Gasteiger partial charge in [-0.15, -0.1) is 0 Å². The van der Waals surface area contributed by atoms with Crippen LogP contribution in [0.4, 0.5) is 29.7 Å². The molecule has 17 heteroatoms. The number of fused-ring (bicyclic) bond motifs is 1. The number of hydrogen-bond acceptors (Lipinski definition) is 10. The maximum Gasteiger partial charge on any atom is 0.471 e. The molecule has 0 spiro atoms. The van der Waals surface area contributed by atoms with E-state index >= 15 is 0 Å². The van der Waals surface area contributed by atoms with Gasteiger partial charge in [0.25, 0.3) is 0 Å². The number of hydrogen-bond donors (Lipinski definition) is 6. The van der Waals surface area contributed by atoms with Crippen LogP contribution in [0.15, 0.2) is 6.33 Å². The molecule has 4 heterocycles. The number of rotatable bonds is 11. The van der Waals surface area contributed by atoms with Crippen molar-refractivity contribution in [2.75, 3.05) is 42.9 Å². The number of aliphatic hydroxyl groups excluding tert-OH is 2. The van der Waals surface area contributed by atoms with E-state index in [0.29, 0.717) is 47.3 Å². The zero-order valence-electron chi connectivity index (χ0n) is 26.4. The first-order chi connectivity index (χ1) is 21.9. The molecule has 6 N–H and O–H groups in total. The zero-order valence-corrected chi connectivity index (χ0v) is 26.4. The fraction of sp³-hybridized carbons (Fsp3) is 0.759. The van der Waals surface area contributed by atoms with E-state index in [1.54, 1.807) is 11.5 Å². The largest absolute Gasteiger partial charge is 0.471 e. The minimum Gasteiger partial charge on any atom is -0.388 e. The van der Waals surface area contributed by atoms with Crippen LogP contribution in [-0.4, -0.2) is 122 Å². The minimum atomic E-state index is -5.12. The average Bonchev–Trinajstić information content (AvgIpc) is 3.83. The van der Waals surface area contributed by atoms with Crippen LogP contribution in [0.25, 0.3) is 11.2 Å². The maximum absolute atomic E-state index is 13.5. The number of nitrogens with one attached hydrogen (secondary N) is 4. The summed E-state index contributed by atoms with van der Waals surface area (Å²) in [6.45, 7) is 8.14. The quantitative estimate of drug-likeness (QED) is 0.209. The number of carbonyl (C=O) groups excluding carboxylic acids is 2. The number of carbonyl (C=O) groups is 2. The molecule has 1 unspecified atom stereocenters. The number of aliphatic hydroxyl groups is 2. The van der Waals surface area contributed by atoms with Crippen LogP contribution in [0.2, 0.25) is 0 Å². The summed E-state index contributed by atoms with van der Waals surface area (Å²) in [6.07, 6.45) is -3.48. The minimum absolute atomic E-state index is 0.0807. The molecule has 0 aromatic carbocycles. The molecule has 1 aliphatic carbocycles. The first kappa shape index (κ1) is 33.9. The highest BCUT2D eigenvalue weighted by Gasteiger charge is 2.51. The third kappa shape index (κ3) is 7.10. The van der Waals surface area contributed by atoms with E-state index in [2.05, 4.69) is 26.3 Å². The van der Waals surface area contributed by atoms with Crippen molar-refractivity contribution < 1.29 is 33.0 Å². The summed E-state index contributed by atoms with van der Waals surface area (Å²) in [4.78, 5) is 41.6. The number of amides is 3. The predicted molar refractivity (Wildman–Crippen MR) is 164 cm³/mol. The second kappa shape index (κ2) is 14.1. The molecule has 2 aromatic heterocycles. The molecule has 2 aromatic rings. The number of halogens is 3. The van der Waals surface area contributed by atoms with Gasteiger partial charge in [0.1, 0.15) is 12.2 Å². The number of imidazole rings is 1. The number of anilines is 2. The Bertz CT molecular complexity index is 1370. The van der Waals surface area contributed by atoms with E-state index in [1.165, 1.54) is 6.33 Å². The summed E-state index contributed by atoms with van der Waals surface area (Å²) < 4.78 is 41.9. The summed E-state index contributed by atoms with van der Waals surface area (Å²) in [6, 6.07) is -2.36. The average molecular weight is 655 g/mol. The SMILES string of the molecule is CCCN(C(=O)C(F)(F)F)[C@H]1C[C@@H](n2cnc3c(NC(CC)CC)nc(N4CC[C@@H](NC(=O)NC5CCNC5)C4)nc32)[C@H](O)[C@@H]1O. The number of nitrogens with zero attached hydrogens (tertiary/aromatic N) is 6. The third-order valence-electron chi connectivity index (χ3n) is 9.28. The monoisotopic (exact) mass is 654 g/mol. The summed E-state index contributed by atoms with van der Waals surface area (Å²) in [5.41, 5.74) is 0.749. The van der Waals surface area contributed by atoms with Crippen LogP contribution >= 0.6 is 0 Å². The smallest absolute Gasteiger partial charge is 0.388 e. The van der Waals surface area contributed by atoms with Gasteiger partial charge in [0, 0.05) is 44.3 Å². The molecule has 5 rings (SSSR count). The van der Waals surface area contributed by atoms with Gasteiger partial charge < -0.3 is 45.8 Å². The van der Waals surface area contributed by atoms with Crippen LogP contribution in [0.3, 0.4) is 0 Å². The molecule has 1 saturated carbocycles. The molecule has 3 aliphatic rings. The maximum atomic E-state index is 13.5. The van der Waals surface area contributed by atoms with Crippen molar-refractivity contribution in [2.24, 2.45) is 0 Å². The highest BCUT2D eigenvalue weighted by molar-refractivity contribution is 5.85. The molecular formula is C29H45F3N10O4. The topological polar surface area (TPSA) is 173 Å². The highest BCUT2D eigenvalue weighted by Crippen LogP contribution is 2.38. The van der Waals surface area contributed by atoms with Crippen LogP contribution in [0, 0.1) is 0 Å². The molecule has 14 nitrogen and oxygen atoms in total.